The van der Waals surface area contributed by atoms with Gasteiger partial charge in [-0.3, -0.25) is 14.5 Å². The molecule has 0 bridgehead atoms. The van der Waals surface area contributed by atoms with Crippen molar-refractivity contribution in [3.8, 4) is 0 Å². The third kappa shape index (κ3) is 3.75. The number of nitrogens with zero attached hydrogens (tertiary/aromatic N) is 1. The van der Waals surface area contributed by atoms with Gasteiger partial charge in [-0.05, 0) is 42.3 Å². The van der Waals surface area contributed by atoms with Gasteiger partial charge in [0.2, 0.25) is 11.8 Å². The molecule has 6 heteroatoms. The molecule has 26 heavy (non-hydrogen) atoms. The Morgan fingerprint density at radius 2 is 1.92 bits per heavy atom. The maximum absolute atomic E-state index is 13.9. The van der Waals surface area contributed by atoms with Crippen molar-refractivity contribution < 1.29 is 14.0 Å². The summed E-state index contributed by atoms with van der Waals surface area (Å²) in [4.78, 5) is 25.8. The third-order valence-corrected chi connectivity index (χ3v) is 5.50. The first-order valence-corrected chi connectivity index (χ1v) is 9.52. The Morgan fingerprint density at radius 3 is 2.54 bits per heavy atom. The van der Waals surface area contributed by atoms with Gasteiger partial charge in [-0.25, -0.2) is 4.39 Å². The molecule has 0 saturated carbocycles. The fraction of sp³-hybridized carbons (Fsp3) is 0.300. The summed E-state index contributed by atoms with van der Waals surface area (Å²) in [6.07, 6.45) is 0. The van der Waals surface area contributed by atoms with Crippen molar-refractivity contribution in [1.29, 1.82) is 0 Å². The van der Waals surface area contributed by atoms with Gasteiger partial charge in [-0.2, -0.15) is 0 Å². The van der Waals surface area contributed by atoms with Gasteiger partial charge < -0.3 is 5.32 Å². The number of amides is 2. The van der Waals surface area contributed by atoms with Crippen LogP contribution in [0.5, 0.6) is 0 Å². The Labute approximate surface area is 156 Å². The molecular formula is C20H21FN2O2S. The zero-order chi connectivity index (χ0) is 18.8. The molecule has 1 aliphatic heterocycles. The number of rotatable bonds is 4. The summed E-state index contributed by atoms with van der Waals surface area (Å²) < 4.78 is 13.9. The lowest BCUT2D eigenvalue weighted by atomic mass is 10.1. The highest BCUT2D eigenvalue weighted by molar-refractivity contribution is 8.00. The van der Waals surface area contributed by atoms with Crippen LogP contribution in [0, 0.1) is 18.7 Å². The molecule has 4 nitrogen and oxygen atoms in total. The smallest absolute Gasteiger partial charge is 0.238 e. The molecule has 1 aliphatic rings. The maximum atomic E-state index is 13.9. The van der Waals surface area contributed by atoms with Crippen molar-refractivity contribution in [3.05, 3.63) is 59.4 Å². The van der Waals surface area contributed by atoms with E-state index in [0.717, 1.165) is 11.3 Å². The average Bonchev–Trinajstić information content (AvgIpc) is 2.99. The summed E-state index contributed by atoms with van der Waals surface area (Å²) in [7, 11) is 0. The van der Waals surface area contributed by atoms with E-state index in [9.17, 15) is 14.0 Å². The van der Waals surface area contributed by atoms with Crippen LogP contribution in [0.2, 0.25) is 0 Å². The molecule has 1 saturated heterocycles. The maximum Gasteiger partial charge on any atom is 0.238 e. The van der Waals surface area contributed by atoms with Gasteiger partial charge in [0.25, 0.3) is 0 Å². The standard InChI is InChI=1S/C20H21FN2O2S/c1-12(2)19(25)22-15-7-5-14(6-8-15)20-23(18(24)11-26-20)16-9-4-13(3)17(21)10-16/h4-10,12,20H,11H2,1-3H3,(H,22,25). The summed E-state index contributed by atoms with van der Waals surface area (Å²) in [5.74, 6) is -0.144. The van der Waals surface area contributed by atoms with E-state index >= 15 is 0 Å². The van der Waals surface area contributed by atoms with E-state index in [2.05, 4.69) is 5.32 Å². The summed E-state index contributed by atoms with van der Waals surface area (Å²) in [6.45, 7) is 5.37. The number of hydrogen-bond donors (Lipinski definition) is 1. The third-order valence-electron chi connectivity index (χ3n) is 4.29. The summed E-state index contributed by atoms with van der Waals surface area (Å²) in [6, 6.07) is 12.3. The van der Waals surface area contributed by atoms with Crippen molar-refractivity contribution in [2.45, 2.75) is 26.1 Å². The van der Waals surface area contributed by atoms with Crippen LogP contribution in [-0.2, 0) is 9.59 Å². The number of aryl methyl sites for hydroxylation is 1. The molecule has 2 amide bonds. The molecule has 2 aromatic rings. The predicted octanol–water partition coefficient (Wildman–Crippen LogP) is 4.51. The van der Waals surface area contributed by atoms with Gasteiger partial charge in [0.05, 0.1) is 5.75 Å². The van der Waals surface area contributed by atoms with Crippen LogP contribution in [0.4, 0.5) is 15.8 Å². The number of benzene rings is 2. The fourth-order valence-corrected chi connectivity index (χ4v) is 3.88. The normalized spacial score (nSPS) is 17.0. The first-order chi connectivity index (χ1) is 12.4. The Balaban J connectivity index is 1.84. The molecule has 1 fully saturated rings. The topological polar surface area (TPSA) is 49.4 Å². The van der Waals surface area contributed by atoms with Gasteiger partial charge in [-0.1, -0.05) is 32.0 Å². The average molecular weight is 372 g/mol. The van der Waals surface area contributed by atoms with Crippen molar-refractivity contribution in [3.63, 3.8) is 0 Å². The number of thioether (sulfide) groups is 1. The molecule has 0 spiro atoms. The highest BCUT2D eigenvalue weighted by Crippen LogP contribution is 2.42. The van der Waals surface area contributed by atoms with Crippen molar-refractivity contribution in [2.75, 3.05) is 16.0 Å². The van der Waals surface area contributed by atoms with Crippen LogP contribution < -0.4 is 10.2 Å². The zero-order valence-electron chi connectivity index (χ0n) is 15.0. The van der Waals surface area contributed by atoms with Crippen LogP contribution in [0.3, 0.4) is 0 Å². The number of carbonyl (C=O) groups excluding carboxylic acids is 2. The molecule has 2 aromatic carbocycles. The second-order valence-electron chi connectivity index (χ2n) is 6.63. The minimum Gasteiger partial charge on any atom is -0.326 e. The first kappa shape index (κ1) is 18.5. The molecule has 0 radical (unpaired) electrons. The van der Waals surface area contributed by atoms with Gasteiger partial charge in [0.1, 0.15) is 11.2 Å². The van der Waals surface area contributed by atoms with Gasteiger partial charge in [-0.15, -0.1) is 11.8 Å². The number of carbonyl (C=O) groups is 2. The van der Waals surface area contributed by atoms with Crippen LogP contribution in [0.25, 0.3) is 0 Å². The highest BCUT2D eigenvalue weighted by atomic mass is 32.2. The van der Waals surface area contributed by atoms with Gasteiger partial charge in [0, 0.05) is 17.3 Å². The number of halogens is 1. The van der Waals surface area contributed by atoms with Crippen LogP contribution in [0.1, 0.15) is 30.3 Å². The predicted molar refractivity (Wildman–Crippen MR) is 104 cm³/mol. The van der Waals surface area contributed by atoms with E-state index in [1.54, 1.807) is 24.0 Å². The molecule has 136 valence electrons. The second kappa shape index (κ2) is 7.50. The molecule has 1 heterocycles. The lowest BCUT2D eigenvalue weighted by molar-refractivity contribution is -0.119. The van der Waals surface area contributed by atoms with Crippen LogP contribution in [0.15, 0.2) is 42.5 Å². The summed E-state index contributed by atoms with van der Waals surface area (Å²) in [5.41, 5.74) is 2.76. The van der Waals surface area contributed by atoms with Crippen molar-refractivity contribution >= 4 is 35.0 Å². The molecule has 1 unspecified atom stereocenters. The largest absolute Gasteiger partial charge is 0.326 e. The summed E-state index contributed by atoms with van der Waals surface area (Å²) >= 11 is 1.51. The van der Waals surface area contributed by atoms with E-state index in [4.69, 9.17) is 0 Å². The van der Waals surface area contributed by atoms with E-state index in [1.807, 2.05) is 38.1 Å². The Morgan fingerprint density at radius 1 is 1.23 bits per heavy atom. The SMILES string of the molecule is Cc1ccc(N2C(=O)CSC2c2ccc(NC(=O)C(C)C)cc2)cc1F. The molecule has 3 rings (SSSR count). The highest BCUT2D eigenvalue weighted by Gasteiger charge is 2.34. The fourth-order valence-electron chi connectivity index (χ4n) is 2.70. The molecule has 0 aliphatic carbocycles. The van der Waals surface area contributed by atoms with Crippen LogP contribution in [-0.4, -0.2) is 17.6 Å². The minimum atomic E-state index is -0.322. The minimum absolute atomic E-state index is 0.0413. The van der Waals surface area contributed by atoms with E-state index < -0.39 is 0 Å². The Kier molecular flexibility index (Phi) is 5.32. The van der Waals surface area contributed by atoms with Gasteiger partial charge in [0.15, 0.2) is 0 Å². The quantitative estimate of drug-likeness (QED) is 0.859. The Hall–Kier alpha value is -2.34. The number of hydrogen-bond acceptors (Lipinski definition) is 3. The van der Waals surface area contributed by atoms with E-state index in [-0.39, 0.29) is 28.9 Å². The number of anilines is 2. The van der Waals surface area contributed by atoms with Crippen molar-refractivity contribution in [1.82, 2.24) is 0 Å². The lowest BCUT2D eigenvalue weighted by Gasteiger charge is -2.25. The lowest BCUT2D eigenvalue weighted by Crippen LogP contribution is -2.28. The molecular weight excluding hydrogens is 351 g/mol. The van der Waals surface area contributed by atoms with Gasteiger partial charge >= 0.3 is 0 Å². The molecule has 1 atom stereocenters. The monoisotopic (exact) mass is 372 g/mol. The zero-order valence-corrected chi connectivity index (χ0v) is 15.8. The second-order valence-corrected chi connectivity index (χ2v) is 7.70. The van der Waals surface area contributed by atoms with Crippen LogP contribution >= 0.6 is 11.8 Å². The van der Waals surface area contributed by atoms with Crippen molar-refractivity contribution in [2.24, 2.45) is 5.92 Å². The molecule has 0 aromatic heterocycles. The van der Waals surface area contributed by atoms with E-state index in [1.165, 1.54) is 17.8 Å². The number of nitrogens with one attached hydrogen (secondary N) is 1. The first-order valence-electron chi connectivity index (χ1n) is 8.47. The Bertz CT molecular complexity index is 836. The summed E-state index contributed by atoms with van der Waals surface area (Å²) in [5, 5.41) is 2.64. The van der Waals surface area contributed by atoms with E-state index in [0.29, 0.717) is 17.0 Å². The molecule has 1 N–H and O–H groups in total.